The predicted octanol–water partition coefficient (Wildman–Crippen LogP) is 2.07. The Labute approximate surface area is 94.5 Å². The van der Waals surface area contributed by atoms with Crippen LogP contribution in [0.3, 0.4) is 0 Å². The normalized spacial score (nSPS) is 12.9. The van der Waals surface area contributed by atoms with E-state index in [0.29, 0.717) is 5.92 Å². The largest absolute Gasteiger partial charge is 0.378 e. The summed E-state index contributed by atoms with van der Waals surface area (Å²) in [6.45, 7) is 9.84. The number of aliphatic imine (C=N–C) groups is 1. The molecule has 0 aromatic rings. The van der Waals surface area contributed by atoms with Gasteiger partial charge in [0.05, 0.1) is 19.8 Å². The maximum absolute atomic E-state index is 5.45. The molecule has 0 fully saturated rings. The number of ether oxygens (including phenoxy) is 1. The number of hydrogen-bond acceptors (Lipinski definition) is 3. The lowest BCUT2D eigenvalue weighted by Crippen LogP contribution is -2.18. The van der Waals surface area contributed by atoms with Crippen molar-refractivity contribution in [1.29, 1.82) is 0 Å². The molecule has 3 nitrogen and oxygen atoms in total. The van der Waals surface area contributed by atoms with Gasteiger partial charge in [-0.2, -0.15) is 0 Å². The quantitative estimate of drug-likeness (QED) is 0.456. The first-order chi connectivity index (χ1) is 7.02. The number of hydrogen-bond donors (Lipinski definition) is 0. The van der Waals surface area contributed by atoms with E-state index in [1.807, 2.05) is 14.1 Å². The molecule has 0 N–H and O–H groups in total. The van der Waals surface area contributed by atoms with Crippen LogP contribution in [-0.4, -0.2) is 51.0 Å². The highest BCUT2D eigenvalue weighted by atomic mass is 16.5. The van der Waals surface area contributed by atoms with Gasteiger partial charge in [0.1, 0.15) is 0 Å². The SMILES string of the molecule is CC(CC(C)C)=NCCOCCN(C)C. The minimum absolute atomic E-state index is 0.698. The maximum Gasteiger partial charge on any atom is 0.0662 e. The Bertz CT molecular complexity index is 176. The molecule has 3 heteroatoms. The molecule has 0 aliphatic carbocycles. The zero-order chi connectivity index (χ0) is 11.7. The fraction of sp³-hybridized carbons (Fsp3) is 0.917. The van der Waals surface area contributed by atoms with Gasteiger partial charge >= 0.3 is 0 Å². The van der Waals surface area contributed by atoms with Crippen molar-refractivity contribution in [3.8, 4) is 0 Å². The van der Waals surface area contributed by atoms with Crippen LogP contribution in [0.2, 0.25) is 0 Å². The molecule has 0 aromatic heterocycles. The summed E-state index contributed by atoms with van der Waals surface area (Å²) in [5.41, 5.74) is 1.24. The van der Waals surface area contributed by atoms with Crippen LogP contribution in [0, 0.1) is 5.92 Å². The molecule has 0 aliphatic heterocycles. The molecule has 0 unspecified atom stereocenters. The summed E-state index contributed by atoms with van der Waals surface area (Å²) in [6.07, 6.45) is 1.09. The van der Waals surface area contributed by atoms with E-state index in [1.54, 1.807) is 0 Å². The summed E-state index contributed by atoms with van der Waals surface area (Å²) in [5, 5.41) is 0. The van der Waals surface area contributed by atoms with Crippen molar-refractivity contribution < 1.29 is 4.74 Å². The summed E-state index contributed by atoms with van der Waals surface area (Å²) >= 11 is 0. The van der Waals surface area contributed by atoms with E-state index in [0.717, 1.165) is 32.7 Å². The molecule has 0 saturated carbocycles. The lowest BCUT2D eigenvalue weighted by molar-refractivity contribution is 0.124. The van der Waals surface area contributed by atoms with Crippen LogP contribution in [0.1, 0.15) is 27.2 Å². The first kappa shape index (κ1) is 14.6. The molecule has 0 radical (unpaired) electrons. The Kier molecular flexibility index (Phi) is 8.62. The Morgan fingerprint density at radius 3 is 2.47 bits per heavy atom. The van der Waals surface area contributed by atoms with Gasteiger partial charge in [0.2, 0.25) is 0 Å². The average molecular weight is 214 g/mol. The van der Waals surface area contributed by atoms with Gasteiger partial charge in [-0.05, 0) is 33.4 Å². The van der Waals surface area contributed by atoms with Gasteiger partial charge in [0.25, 0.3) is 0 Å². The smallest absolute Gasteiger partial charge is 0.0662 e. The van der Waals surface area contributed by atoms with Crippen LogP contribution < -0.4 is 0 Å². The Morgan fingerprint density at radius 1 is 1.27 bits per heavy atom. The molecule has 0 spiro atoms. The number of rotatable bonds is 8. The van der Waals surface area contributed by atoms with Crippen LogP contribution in [-0.2, 0) is 4.74 Å². The number of nitrogens with zero attached hydrogens (tertiary/aromatic N) is 2. The molecule has 0 aliphatic rings. The third-order valence-electron chi connectivity index (χ3n) is 2.00. The lowest BCUT2D eigenvalue weighted by atomic mass is 10.1. The van der Waals surface area contributed by atoms with Gasteiger partial charge in [-0.1, -0.05) is 13.8 Å². The molecular formula is C12H26N2O. The first-order valence-electron chi connectivity index (χ1n) is 5.74. The predicted molar refractivity (Wildman–Crippen MR) is 66.8 cm³/mol. The van der Waals surface area contributed by atoms with Crippen LogP contribution in [0.5, 0.6) is 0 Å². The third kappa shape index (κ3) is 11.5. The van der Waals surface area contributed by atoms with Crippen molar-refractivity contribution in [1.82, 2.24) is 4.90 Å². The van der Waals surface area contributed by atoms with Crippen molar-refractivity contribution in [3.05, 3.63) is 0 Å². The summed E-state index contributed by atoms with van der Waals surface area (Å²) in [6, 6.07) is 0. The van der Waals surface area contributed by atoms with Crippen molar-refractivity contribution in [3.63, 3.8) is 0 Å². The Hall–Kier alpha value is -0.410. The van der Waals surface area contributed by atoms with E-state index in [9.17, 15) is 0 Å². The van der Waals surface area contributed by atoms with Gasteiger partial charge in [-0.25, -0.2) is 0 Å². The van der Waals surface area contributed by atoms with Crippen molar-refractivity contribution in [2.45, 2.75) is 27.2 Å². The molecule has 0 aromatic carbocycles. The second-order valence-electron chi connectivity index (χ2n) is 4.63. The van der Waals surface area contributed by atoms with E-state index < -0.39 is 0 Å². The zero-order valence-electron chi connectivity index (χ0n) is 10.9. The molecule has 0 amide bonds. The van der Waals surface area contributed by atoms with Crippen molar-refractivity contribution in [2.24, 2.45) is 10.9 Å². The van der Waals surface area contributed by atoms with Crippen molar-refractivity contribution in [2.75, 3.05) is 40.4 Å². The molecule has 90 valence electrons. The molecule has 0 rings (SSSR count). The molecule has 0 heterocycles. The zero-order valence-corrected chi connectivity index (χ0v) is 10.9. The van der Waals surface area contributed by atoms with Gasteiger partial charge < -0.3 is 9.64 Å². The van der Waals surface area contributed by atoms with Crippen LogP contribution in [0.4, 0.5) is 0 Å². The summed E-state index contributed by atoms with van der Waals surface area (Å²) in [5.74, 6) is 0.698. The maximum atomic E-state index is 5.45. The highest BCUT2D eigenvalue weighted by Crippen LogP contribution is 2.00. The second kappa shape index (κ2) is 8.86. The lowest BCUT2D eigenvalue weighted by Gasteiger charge is -2.09. The molecule has 15 heavy (non-hydrogen) atoms. The summed E-state index contributed by atoms with van der Waals surface area (Å²) in [4.78, 5) is 6.58. The van der Waals surface area contributed by atoms with E-state index in [4.69, 9.17) is 4.74 Å². The van der Waals surface area contributed by atoms with Gasteiger partial charge in [-0.3, -0.25) is 4.99 Å². The van der Waals surface area contributed by atoms with Crippen LogP contribution in [0.25, 0.3) is 0 Å². The van der Waals surface area contributed by atoms with Gasteiger partial charge in [0, 0.05) is 12.3 Å². The van der Waals surface area contributed by atoms with E-state index in [1.165, 1.54) is 5.71 Å². The Balaban J connectivity index is 3.36. The van der Waals surface area contributed by atoms with E-state index >= 15 is 0 Å². The standard InChI is InChI=1S/C12H26N2O/c1-11(2)10-12(3)13-6-8-15-9-7-14(4)5/h11H,6-10H2,1-5H3. The topological polar surface area (TPSA) is 24.8 Å². The van der Waals surface area contributed by atoms with Crippen molar-refractivity contribution >= 4 is 5.71 Å². The third-order valence-corrected chi connectivity index (χ3v) is 2.00. The minimum atomic E-state index is 0.698. The molecule has 0 saturated heterocycles. The van der Waals surface area contributed by atoms with E-state index in [-0.39, 0.29) is 0 Å². The minimum Gasteiger partial charge on any atom is -0.378 e. The fourth-order valence-corrected chi connectivity index (χ4v) is 1.31. The van der Waals surface area contributed by atoms with Gasteiger partial charge in [-0.15, -0.1) is 0 Å². The summed E-state index contributed by atoms with van der Waals surface area (Å²) < 4.78 is 5.45. The molecule has 0 atom stereocenters. The second-order valence-corrected chi connectivity index (χ2v) is 4.63. The van der Waals surface area contributed by atoms with Crippen LogP contribution >= 0.6 is 0 Å². The fourth-order valence-electron chi connectivity index (χ4n) is 1.31. The molecule has 0 bridgehead atoms. The monoisotopic (exact) mass is 214 g/mol. The highest BCUT2D eigenvalue weighted by molar-refractivity contribution is 5.82. The Morgan fingerprint density at radius 2 is 1.93 bits per heavy atom. The number of likely N-dealkylation sites (N-methyl/N-ethyl adjacent to an activating group) is 1. The first-order valence-corrected chi connectivity index (χ1v) is 5.74. The highest BCUT2D eigenvalue weighted by Gasteiger charge is 1.96. The van der Waals surface area contributed by atoms with E-state index in [2.05, 4.69) is 30.7 Å². The summed E-state index contributed by atoms with van der Waals surface area (Å²) in [7, 11) is 4.10. The average Bonchev–Trinajstić information content (AvgIpc) is 2.09. The van der Waals surface area contributed by atoms with Crippen LogP contribution in [0.15, 0.2) is 4.99 Å². The van der Waals surface area contributed by atoms with Gasteiger partial charge in [0.15, 0.2) is 0 Å². The molecular weight excluding hydrogens is 188 g/mol.